The maximum absolute atomic E-state index is 12.0. The molecule has 5 heterocycles. The molecular formula is C20H24N10O2. The van der Waals surface area contributed by atoms with Crippen molar-refractivity contribution in [2.75, 3.05) is 43.1 Å². The summed E-state index contributed by atoms with van der Waals surface area (Å²) in [7, 11) is 1.32. The third-order valence-corrected chi connectivity index (χ3v) is 5.60. The maximum Gasteiger partial charge on any atom is 0.378 e. The molecule has 1 fully saturated rings. The van der Waals surface area contributed by atoms with Gasteiger partial charge in [0.15, 0.2) is 5.82 Å². The van der Waals surface area contributed by atoms with Crippen molar-refractivity contribution < 1.29 is 9.53 Å². The smallest absolute Gasteiger partial charge is 0.378 e. The van der Waals surface area contributed by atoms with Crippen molar-refractivity contribution in [3.8, 4) is 0 Å². The van der Waals surface area contributed by atoms with Crippen LogP contribution in [-0.4, -0.2) is 78.4 Å². The van der Waals surface area contributed by atoms with Crippen molar-refractivity contribution in [1.29, 1.82) is 0 Å². The van der Waals surface area contributed by atoms with E-state index in [-0.39, 0.29) is 5.82 Å². The third kappa shape index (κ3) is 3.37. The van der Waals surface area contributed by atoms with E-state index in [9.17, 15) is 4.79 Å². The number of piperazine rings is 1. The summed E-state index contributed by atoms with van der Waals surface area (Å²) in [6.07, 6.45) is 5.43. The highest BCUT2D eigenvalue weighted by atomic mass is 16.5. The van der Waals surface area contributed by atoms with E-state index >= 15 is 0 Å². The molecule has 5 rings (SSSR count). The molecule has 0 aliphatic carbocycles. The number of methoxy groups -OCH3 is 1. The average molecular weight is 436 g/mol. The standard InChI is InChI=1S/C20H24N10O2/c1-4-5-14-12-15(30-20(22-14)23-16(26-30)19(31)32-3)27-8-10-28(11-9-27)17-18-25-24-13(2)29(18)7-6-21-17/h6-7,12H,4-5,8-11H2,1-3H3. The van der Waals surface area contributed by atoms with Crippen molar-refractivity contribution >= 4 is 29.0 Å². The average Bonchev–Trinajstić information content (AvgIpc) is 3.42. The quantitative estimate of drug-likeness (QED) is 0.418. The zero-order valence-electron chi connectivity index (χ0n) is 18.3. The van der Waals surface area contributed by atoms with E-state index in [1.165, 1.54) is 7.11 Å². The first-order valence-electron chi connectivity index (χ1n) is 10.6. The summed E-state index contributed by atoms with van der Waals surface area (Å²) in [5.74, 6) is 2.35. The highest BCUT2D eigenvalue weighted by Crippen LogP contribution is 2.23. The Labute approximate surface area is 183 Å². The molecule has 12 nitrogen and oxygen atoms in total. The molecule has 0 saturated carbocycles. The Balaban J connectivity index is 1.45. The number of ether oxygens (including phenoxy) is 1. The van der Waals surface area contributed by atoms with Gasteiger partial charge < -0.3 is 14.5 Å². The van der Waals surface area contributed by atoms with E-state index in [0.29, 0.717) is 5.78 Å². The largest absolute Gasteiger partial charge is 0.463 e. The molecule has 12 heteroatoms. The minimum absolute atomic E-state index is 0.00610. The van der Waals surface area contributed by atoms with Gasteiger partial charge in [0.25, 0.3) is 11.6 Å². The van der Waals surface area contributed by atoms with Crippen LogP contribution in [0.15, 0.2) is 18.5 Å². The SMILES string of the molecule is CCCc1cc(N2CCN(c3nccn4c(C)nnc34)CC2)n2nc(C(=O)OC)nc2n1. The van der Waals surface area contributed by atoms with Crippen molar-refractivity contribution in [2.24, 2.45) is 0 Å². The van der Waals surface area contributed by atoms with Gasteiger partial charge in [-0.25, -0.2) is 14.8 Å². The number of carbonyl (C=O) groups is 1. The number of aromatic nitrogens is 8. The first-order chi connectivity index (χ1) is 15.6. The van der Waals surface area contributed by atoms with Gasteiger partial charge in [-0.3, -0.25) is 4.40 Å². The number of fused-ring (bicyclic) bond motifs is 2. The van der Waals surface area contributed by atoms with Gasteiger partial charge in [0.1, 0.15) is 11.6 Å². The van der Waals surface area contributed by atoms with Crippen LogP contribution in [-0.2, 0) is 11.2 Å². The number of hydrogen-bond acceptors (Lipinski definition) is 10. The highest BCUT2D eigenvalue weighted by molar-refractivity contribution is 5.85. The lowest BCUT2D eigenvalue weighted by Crippen LogP contribution is -2.47. The molecule has 0 radical (unpaired) electrons. The van der Waals surface area contributed by atoms with Gasteiger partial charge in [-0.15, -0.1) is 15.3 Å². The van der Waals surface area contributed by atoms with Gasteiger partial charge >= 0.3 is 5.97 Å². The van der Waals surface area contributed by atoms with Crippen LogP contribution >= 0.6 is 0 Å². The van der Waals surface area contributed by atoms with Gasteiger partial charge in [0.2, 0.25) is 5.65 Å². The number of rotatable bonds is 5. The molecule has 0 unspecified atom stereocenters. The number of hydrogen-bond donors (Lipinski definition) is 0. The summed E-state index contributed by atoms with van der Waals surface area (Å²) in [6, 6.07) is 2.03. The Morgan fingerprint density at radius 1 is 1.12 bits per heavy atom. The predicted molar refractivity (Wildman–Crippen MR) is 116 cm³/mol. The molecule has 0 spiro atoms. The first-order valence-corrected chi connectivity index (χ1v) is 10.6. The van der Waals surface area contributed by atoms with Crippen molar-refractivity contribution in [1.82, 2.24) is 39.2 Å². The van der Waals surface area contributed by atoms with E-state index in [4.69, 9.17) is 4.74 Å². The molecule has 4 aromatic rings. The van der Waals surface area contributed by atoms with E-state index in [2.05, 4.69) is 47.0 Å². The number of esters is 1. The lowest BCUT2D eigenvalue weighted by atomic mass is 10.2. The molecule has 0 amide bonds. The second-order valence-corrected chi connectivity index (χ2v) is 7.66. The monoisotopic (exact) mass is 436 g/mol. The predicted octanol–water partition coefficient (Wildman–Crippen LogP) is 0.936. The maximum atomic E-state index is 12.0. The van der Waals surface area contributed by atoms with Crippen molar-refractivity contribution in [3.63, 3.8) is 0 Å². The van der Waals surface area contributed by atoms with Gasteiger partial charge in [-0.1, -0.05) is 13.3 Å². The summed E-state index contributed by atoms with van der Waals surface area (Å²) in [5.41, 5.74) is 1.68. The van der Waals surface area contributed by atoms with Crippen LogP contribution in [0, 0.1) is 6.92 Å². The Morgan fingerprint density at radius 2 is 1.91 bits per heavy atom. The molecule has 1 aliphatic rings. The van der Waals surface area contributed by atoms with Crippen LogP contribution in [0.3, 0.4) is 0 Å². The molecule has 4 aromatic heterocycles. The number of carbonyl (C=O) groups excluding carboxylic acids is 1. The van der Waals surface area contributed by atoms with E-state index < -0.39 is 5.97 Å². The molecular weight excluding hydrogens is 412 g/mol. The Bertz CT molecular complexity index is 1290. The molecule has 166 valence electrons. The fourth-order valence-corrected chi connectivity index (χ4v) is 3.99. The summed E-state index contributed by atoms with van der Waals surface area (Å²) in [4.78, 5) is 29.8. The van der Waals surface area contributed by atoms with E-state index in [0.717, 1.165) is 67.8 Å². The summed E-state index contributed by atoms with van der Waals surface area (Å²) < 4.78 is 8.36. The van der Waals surface area contributed by atoms with Crippen LogP contribution in [0.4, 0.5) is 11.6 Å². The van der Waals surface area contributed by atoms with E-state index in [1.54, 1.807) is 10.7 Å². The molecule has 32 heavy (non-hydrogen) atoms. The van der Waals surface area contributed by atoms with Gasteiger partial charge in [-0.05, 0) is 13.3 Å². The minimum atomic E-state index is -0.578. The first kappa shape index (κ1) is 20.1. The van der Waals surface area contributed by atoms with Gasteiger partial charge in [0, 0.05) is 50.3 Å². The number of aryl methyl sites for hydroxylation is 2. The lowest BCUT2D eigenvalue weighted by Gasteiger charge is -2.36. The molecule has 0 atom stereocenters. The molecule has 0 aromatic carbocycles. The zero-order valence-corrected chi connectivity index (χ0v) is 18.3. The fraction of sp³-hybridized carbons (Fsp3) is 0.450. The highest BCUT2D eigenvalue weighted by Gasteiger charge is 2.25. The summed E-state index contributed by atoms with van der Waals surface area (Å²) >= 11 is 0. The Hall–Kier alpha value is -3.83. The van der Waals surface area contributed by atoms with Gasteiger partial charge in [0.05, 0.1) is 7.11 Å². The second-order valence-electron chi connectivity index (χ2n) is 7.66. The third-order valence-electron chi connectivity index (χ3n) is 5.60. The Kier molecular flexibility index (Phi) is 5.04. The van der Waals surface area contributed by atoms with Crippen LogP contribution in [0.2, 0.25) is 0 Å². The molecule has 0 N–H and O–H groups in total. The van der Waals surface area contributed by atoms with Crippen LogP contribution < -0.4 is 9.80 Å². The van der Waals surface area contributed by atoms with Gasteiger partial charge in [-0.2, -0.15) is 9.50 Å². The van der Waals surface area contributed by atoms with Crippen LogP contribution in [0.1, 0.15) is 35.5 Å². The molecule has 0 bridgehead atoms. The molecule has 1 aliphatic heterocycles. The van der Waals surface area contributed by atoms with Crippen molar-refractivity contribution in [3.05, 3.63) is 35.8 Å². The molecule has 1 saturated heterocycles. The van der Waals surface area contributed by atoms with Crippen molar-refractivity contribution in [2.45, 2.75) is 26.7 Å². The summed E-state index contributed by atoms with van der Waals surface area (Å²) in [5, 5.41) is 12.8. The zero-order chi connectivity index (χ0) is 22.2. The van der Waals surface area contributed by atoms with Crippen LogP contribution in [0.25, 0.3) is 11.4 Å². The second kappa shape index (κ2) is 8.02. The normalized spacial score (nSPS) is 14.5. The fourth-order valence-electron chi connectivity index (χ4n) is 3.99. The lowest BCUT2D eigenvalue weighted by molar-refractivity contribution is 0.0587. The topological polar surface area (TPSA) is 119 Å². The number of nitrogens with zero attached hydrogens (tertiary/aromatic N) is 10. The summed E-state index contributed by atoms with van der Waals surface area (Å²) in [6.45, 7) is 7.02. The van der Waals surface area contributed by atoms with Crippen LogP contribution in [0.5, 0.6) is 0 Å². The minimum Gasteiger partial charge on any atom is -0.463 e. The number of anilines is 2. The Morgan fingerprint density at radius 3 is 2.66 bits per heavy atom. The van der Waals surface area contributed by atoms with E-state index in [1.807, 2.05) is 23.6 Å².